The highest BCUT2D eigenvalue weighted by Gasteiger charge is 2.40. The van der Waals surface area contributed by atoms with Crippen LogP contribution >= 0.6 is 0 Å². The zero-order chi connectivity index (χ0) is 37.1. The highest BCUT2D eigenvalue weighted by atomic mass is 19.4. The minimum atomic E-state index is -4.61. The molecule has 0 unspecified atom stereocenters. The number of aryl methyl sites for hydroxylation is 2. The third-order valence-corrected chi connectivity index (χ3v) is 8.88. The first-order valence-corrected chi connectivity index (χ1v) is 16.1. The molecule has 2 fully saturated rings. The van der Waals surface area contributed by atoms with Gasteiger partial charge in [-0.1, -0.05) is 12.1 Å². The molecule has 4 heterocycles. The Hall–Kier alpha value is -4.70. The number of aromatic carboxylic acids is 1. The van der Waals surface area contributed by atoms with Crippen molar-refractivity contribution in [2.24, 2.45) is 0 Å². The first kappa shape index (κ1) is 37.6. The largest absolute Gasteiger partial charge is 0.478 e. The fourth-order valence-electron chi connectivity index (χ4n) is 6.04. The van der Waals surface area contributed by atoms with Crippen molar-refractivity contribution >= 4 is 11.9 Å². The summed E-state index contributed by atoms with van der Waals surface area (Å²) in [6, 6.07) is 8.58. The Balaban J connectivity index is 0.000000198. The number of benzene rings is 2. The van der Waals surface area contributed by atoms with Crippen LogP contribution in [-0.2, 0) is 26.6 Å². The van der Waals surface area contributed by atoms with Gasteiger partial charge in [0.25, 0.3) is 0 Å². The predicted octanol–water partition coefficient (Wildman–Crippen LogP) is 8.08. The quantitative estimate of drug-likeness (QED) is 0.134. The average molecular weight is 723 g/mol. The molecule has 0 spiro atoms. The van der Waals surface area contributed by atoms with Crippen molar-refractivity contribution in [2.45, 2.75) is 63.7 Å². The number of hydrogen-bond donors (Lipinski definition) is 3. The first-order chi connectivity index (χ1) is 24.1. The lowest BCUT2D eigenvalue weighted by molar-refractivity contribution is -0.141. The summed E-state index contributed by atoms with van der Waals surface area (Å²) in [7, 11) is 1.22. The number of aromatic nitrogens is 4. The third kappa shape index (κ3) is 8.61. The third-order valence-electron chi connectivity index (χ3n) is 8.88. The second kappa shape index (κ2) is 15.3. The molecule has 0 atom stereocenters. The molecule has 2 aromatic heterocycles. The molecule has 51 heavy (non-hydrogen) atoms. The number of rotatable bonds is 6. The van der Waals surface area contributed by atoms with E-state index in [1.54, 1.807) is 19.9 Å². The van der Waals surface area contributed by atoms with E-state index in [0.717, 1.165) is 0 Å². The summed E-state index contributed by atoms with van der Waals surface area (Å²) >= 11 is 0. The number of carboxylic acid groups (broad SMARTS) is 1. The maximum atomic E-state index is 13.6. The minimum absolute atomic E-state index is 0.0793. The molecule has 0 aliphatic carbocycles. The molecule has 10 nitrogen and oxygen atoms in total. The second-order valence-corrected chi connectivity index (χ2v) is 12.3. The van der Waals surface area contributed by atoms with Crippen LogP contribution in [0.2, 0.25) is 0 Å². The molecule has 4 aromatic rings. The summed E-state index contributed by atoms with van der Waals surface area (Å²) < 4.78 is 96.4. The van der Waals surface area contributed by atoms with Crippen molar-refractivity contribution in [3.63, 3.8) is 0 Å². The number of imidazole rings is 2. The number of carboxylic acids is 1. The number of carbonyl (C=O) groups is 2. The maximum Gasteiger partial charge on any atom is 0.433 e. The topological polar surface area (TPSA) is 139 Å². The molecule has 0 bridgehead atoms. The van der Waals surface area contributed by atoms with E-state index in [1.165, 1.54) is 37.4 Å². The van der Waals surface area contributed by atoms with E-state index in [2.05, 4.69) is 24.7 Å². The van der Waals surface area contributed by atoms with Gasteiger partial charge >= 0.3 is 24.3 Å². The van der Waals surface area contributed by atoms with Crippen molar-refractivity contribution < 1.29 is 55.2 Å². The molecule has 2 aromatic carbocycles. The Bertz CT molecular complexity index is 1870. The van der Waals surface area contributed by atoms with Crippen LogP contribution in [0.1, 0.15) is 92.4 Å². The van der Waals surface area contributed by atoms with Gasteiger partial charge in [0.1, 0.15) is 34.4 Å². The van der Waals surface area contributed by atoms with Crippen LogP contribution in [0.5, 0.6) is 0 Å². The smallest absolute Gasteiger partial charge is 0.433 e. The number of nitrogens with one attached hydrogen (secondary N) is 2. The molecule has 0 amide bonds. The number of ether oxygens (including phenoxy) is 3. The van der Waals surface area contributed by atoms with Crippen LogP contribution in [0.15, 0.2) is 36.4 Å². The van der Waals surface area contributed by atoms with Gasteiger partial charge < -0.3 is 29.3 Å². The molecule has 2 saturated heterocycles. The van der Waals surface area contributed by atoms with E-state index in [9.17, 15) is 35.9 Å². The molecule has 6 rings (SSSR count). The summed E-state index contributed by atoms with van der Waals surface area (Å²) in [5.41, 5.74) is -0.646. The fraction of sp³-hybridized carbons (Fsp3) is 0.429. The molecule has 2 aliphatic heterocycles. The van der Waals surface area contributed by atoms with Crippen molar-refractivity contribution in [2.75, 3.05) is 33.5 Å². The Morgan fingerprint density at radius 1 is 0.725 bits per heavy atom. The Labute approximate surface area is 288 Å². The van der Waals surface area contributed by atoms with E-state index < -0.39 is 35.7 Å². The van der Waals surface area contributed by atoms with Crippen LogP contribution in [0.3, 0.4) is 0 Å². The summed E-state index contributed by atoms with van der Waals surface area (Å²) in [6.45, 7) is 5.27. The van der Waals surface area contributed by atoms with Gasteiger partial charge in [0.2, 0.25) is 0 Å². The summed E-state index contributed by atoms with van der Waals surface area (Å²) in [6.07, 6.45) is -6.77. The number of nitrogens with zero attached hydrogens (tertiary/aromatic N) is 2. The summed E-state index contributed by atoms with van der Waals surface area (Å²) in [4.78, 5) is 36.3. The van der Waals surface area contributed by atoms with E-state index in [-0.39, 0.29) is 51.3 Å². The van der Waals surface area contributed by atoms with E-state index in [1.807, 2.05) is 0 Å². The van der Waals surface area contributed by atoms with Gasteiger partial charge in [-0.05, 0) is 74.9 Å². The number of H-pyrrole nitrogens is 2. The van der Waals surface area contributed by atoms with Crippen molar-refractivity contribution in [3.8, 4) is 22.5 Å². The molecule has 3 N–H and O–H groups in total. The van der Waals surface area contributed by atoms with Gasteiger partial charge in [-0.3, -0.25) is 0 Å². The van der Waals surface area contributed by atoms with Crippen LogP contribution < -0.4 is 0 Å². The van der Waals surface area contributed by atoms with Gasteiger partial charge in [0, 0.05) is 49.4 Å². The lowest BCUT2D eigenvalue weighted by Crippen LogP contribution is -2.15. The van der Waals surface area contributed by atoms with E-state index in [0.29, 0.717) is 69.1 Å². The Morgan fingerprint density at radius 2 is 1.12 bits per heavy atom. The zero-order valence-electron chi connectivity index (χ0n) is 27.9. The highest BCUT2D eigenvalue weighted by molar-refractivity contribution is 5.91. The summed E-state index contributed by atoms with van der Waals surface area (Å²) in [5.74, 6) is -1.48. The van der Waals surface area contributed by atoms with Crippen molar-refractivity contribution in [1.29, 1.82) is 0 Å². The molecule has 16 heteroatoms. The maximum absolute atomic E-state index is 13.6. The Morgan fingerprint density at radius 3 is 1.49 bits per heavy atom. The Kier molecular flexibility index (Phi) is 11.2. The number of aromatic amines is 2. The first-order valence-electron chi connectivity index (χ1n) is 16.1. The van der Waals surface area contributed by atoms with Gasteiger partial charge in [-0.15, -0.1) is 0 Å². The van der Waals surface area contributed by atoms with Crippen LogP contribution in [0.25, 0.3) is 22.5 Å². The number of methoxy groups -OCH3 is 1. The number of hydrogen-bond acceptors (Lipinski definition) is 7. The van der Waals surface area contributed by atoms with Crippen molar-refractivity contribution in [1.82, 2.24) is 19.9 Å². The molecular formula is C35H36F6N4O6. The predicted molar refractivity (Wildman–Crippen MR) is 171 cm³/mol. The lowest BCUT2D eigenvalue weighted by atomic mass is 9.99. The number of halogens is 6. The average Bonchev–Trinajstić information content (AvgIpc) is 3.76. The summed E-state index contributed by atoms with van der Waals surface area (Å²) in [5, 5.41) is 9.12. The molecule has 2 aliphatic rings. The van der Waals surface area contributed by atoms with Gasteiger partial charge in [0.05, 0.1) is 18.2 Å². The van der Waals surface area contributed by atoms with Crippen LogP contribution in [0, 0.1) is 13.8 Å². The number of carbonyl (C=O) groups excluding carboxylic acids is 1. The zero-order valence-corrected chi connectivity index (χ0v) is 27.9. The number of esters is 1. The van der Waals surface area contributed by atoms with Crippen molar-refractivity contribution in [3.05, 3.63) is 81.7 Å². The van der Waals surface area contributed by atoms with Crippen LogP contribution in [0.4, 0.5) is 26.3 Å². The fourth-order valence-corrected chi connectivity index (χ4v) is 6.04. The normalized spacial score (nSPS) is 16.0. The van der Waals surface area contributed by atoms with E-state index in [4.69, 9.17) is 14.6 Å². The standard InChI is InChI=1S/C18H19F3N2O3.C17H17F3N2O3/c1-10-3-4-12(17(24)25-2)9-13(10)14-15(18(19,20)21)23-16(22-14)11-5-7-26-8-6-11;1-9-2-3-11(16(23)24)8-12(9)13-14(17(18,19)20)22-15(21-13)10-4-6-25-7-5-10/h3-4,9,11H,5-8H2,1-2H3,(H,22,23);2-3,8,10H,4-7H2,1H3,(H,21,22)(H,23,24). The molecular weight excluding hydrogens is 686 g/mol. The molecule has 0 saturated carbocycles. The van der Waals surface area contributed by atoms with Gasteiger partial charge in [-0.2, -0.15) is 26.3 Å². The second-order valence-electron chi connectivity index (χ2n) is 12.3. The van der Waals surface area contributed by atoms with Gasteiger partial charge in [-0.25, -0.2) is 19.6 Å². The molecule has 274 valence electrons. The lowest BCUT2D eigenvalue weighted by Gasteiger charge is -2.19. The highest BCUT2D eigenvalue weighted by Crippen LogP contribution is 2.41. The number of alkyl halides is 6. The SMILES string of the molecule is COC(=O)c1ccc(C)c(-c2nc(C3CCOCC3)[nH]c2C(F)(F)F)c1.Cc1ccc(C(=O)O)cc1-c1nc(C2CCOCC2)[nH]c1C(F)(F)F. The van der Waals surface area contributed by atoms with Crippen LogP contribution in [-0.4, -0.2) is 70.5 Å². The minimum Gasteiger partial charge on any atom is -0.478 e. The monoisotopic (exact) mass is 722 g/mol. The molecule has 0 radical (unpaired) electrons. The van der Waals surface area contributed by atoms with E-state index >= 15 is 0 Å². The van der Waals surface area contributed by atoms with Gasteiger partial charge in [0.15, 0.2) is 0 Å².